The Hall–Kier alpha value is -2.82. The second kappa shape index (κ2) is 7.83. The van der Waals surface area contributed by atoms with E-state index in [4.69, 9.17) is 0 Å². The maximum Gasteiger partial charge on any atom is 0.315 e. The van der Waals surface area contributed by atoms with E-state index in [1.54, 1.807) is 0 Å². The summed E-state index contributed by atoms with van der Waals surface area (Å²) in [4.78, 5) is 23.9. The molecule has 1 aliphatic carbocycles. The minimum Gasteiger partial charge on any atom is -0.334 e. The zero-order chi connectivity index (χ0) is 17.6. The summed E-state index contributed by atoms with van der Waals surface area (Å²) < 4.78 is 0. The number of urea groups is 1. The molecule has 0 heterocycles. The van der Waals surface area contributed by atoms with Crippen LogP contribution in [0.15, 0.2) is 54.6 Å². The SMILES string of the molecule is C[C@H](NC(=O)NCc1cccc(NC(=O)C2CC2)c1)c1ccccc1. The first kappa shape index (κ1) is 17.0. The molecule has 1 saturated carbocycles. The van der Waals surface area contributed by atoms with Gasteiger partial charge < -0.3 is 16.0 Å². The molecule has 5 nitrogen and oxygen atoms in total. The lowest BCUT2D eigenvalue weighted by Crippen LogP contribution is -2.36. The maximum absolute atomic E-state index is 12.1. The van der Waals surface area contributed by atoms with Crippen molar-refractivity contribution in [3.63, 3.8) is 0 Å². The molecule has 0 aromatic heterocycles. The molecule has 0 radical (unpaired) electrons. The molecule has 1 atom stereocenters. The second-order valence-corrected chi connectivity index (χ2v) is 6.42. The molecule has 5 heteroatoms. The third-order valence-electron chi connectivity index (χ3n) is 4.24. The molecule has 130 valence electrons. The number of carbonyl (C=O) groups excluding carboxylic acids is 2. The van der Waals surface area contributed by atoms with Gasteiger partial charge in [-0.15, -0.1) is 0 Å². The Morgan fingerprint density at radius 2 is 1.84 bits per heavy atom. The van der Waals surface area contributed by atoms with Crippen LogP contribution in [0.2, 0.25) is 0 Å². The molecular formula is C20H23N3O2. The first-order chi connectivity index (χ1) is 12.1. The van der Waals surface area contributed by atoms with Gasteiger partial charge in [0.25, 0.3) is 0 Å². The number of benzene rings is 2. The van der Waals surface area contributed by atoms with Crippen LogP contribution in [0.3, 0.4) is 0 Å². The number of hydrogen-bond acceptors (Lipinski definition) is 2. The molecule has 0 spiro atoms. The highest BCUT2D eigenvalue weighted by Crippen LogP contribution is 2.30. The number of amides is 3. The Morgan fingerprint density at radius 1 is 1.08 bits per heavy atom. The van der Waals surface area contributed by atoms with Crippen LogP contribution in [-0.2, 0) is 11.3 Å². The summed E-state index contributed by atoms with van der Waals surface area (Å²) in [5, 5.41) is 8.69. The lowest BCUT2D eigenvalue weighted by atomic mass is 10.1. The number of anilines is 1. The normalized spacial score (nSPS) is 14.4. The van der Waals surface area contributed by atoms with Gasteiger partial charge >= 0.3 is 6.03 Å². The van der Waals surface area contributed by atoms with Crippen molar-refractivity contribution in [3.05, 3.63) is 65.7 Å². The van der Waals surface area contributed by atoms with Gasteiger partial charge in [0.05, 0.1) is 6.04 Å². The van der Waals surface area contributed by atoms with E-state index in [0.717, 1.165) is 29.7 Å². The monoisotopic (exact) mass is 337 g/mol. The standard InChI is InChI=1S/C20H23N3O2/c1-14(16-7-3-2-4-8-16)22-20(25)21-13-15-6-5-9-18(12-15)23-19(24)17-10-11-17/h2-9,12,14,17H,10-11,13H2,1H3,(H,23,24)(H2,21,22,25)/t14-/m0/s1. The van der Waals surface area contributed by atoms with E-state index >= 15 is 0 Å². The molecule has 3 N–H and O–H groups in total. The minimum absolute atomic E-state index is 0.0645. The second-order valence-electron chi connectivity index (χ2n) is 6.42. The topological polar surface area (TPSA) is 70.2 Å². The average Bonchev–Trinajstić information content (AvgIpc) is 3.46. The van der Waals surface area contributed by atoms with E-state index in [2.05, 4.69) is 16.0 Å². The molecule has 0 unspecified atom stereocenters. The molecule has 3 amide bonds. The van der Waals surface area contributed by atoms with Gasteiger partial charge in [-0.3, -0.25) is 4.79 Å². The molecule has 0 aliphatic heterocycles. The van der Waals surface area contributed by atoms with E-state index in [1.165, 1.54) is 0 Å². The van der Waals surface area contributed by atoms with E-state index < -0.39 is 0 Å². The van der Waals surface area contributed by atoms with Gasteiger partial charge in [-0.1, -0.05) is 42.5 Å². The fourth-order valence-electron chi connectivity index (χ4n) is 2.60. The number of rotatable bonds is 6. The van der Waals surface area contributed by atoms with Crippen LogP contribution in [-0.4, -0.2) is 11.9 Å². The number of nitrogens with one attached hydrogen (secondary N) is 3. The van der Waals surface area contributed by atoms with Crippen molar-refractivity contribution in [1.29, 1.82) is 0 Å². The van der Waals surface area contributed by atoms with Crippen LogP contribution in [0, 0.1) is 5.92 Å². The van der Waals surface area contributed by atoms with Crippen LogP contribution in [0.5, 0.6) is 0 Å². The van der Waals surface area contributed by atoms with Gasteiger partial charge in [-0.05, 0) is 43.0 Å². The summed E-state index contributed by atoms with van der Waals surface area (Å²) in [5.41, 5.74) is 2.77. The van der Waals surface area contributed by atoms with Crippen LogP contribution in [0.25, 0.3) is 0 Å². The first-order valence-corrected chi connectivity index (χ1v) is 8.61. The molecular weight excluding hydrogens is 314 g/mol. The summed E-state index contributed by atoms with van der Waals surface area (Å²) in [6.07, 6.45) is 1.96. The Bertz CT molecular complexity index is 742. The molecule has 0 bridgehead atoms. The third kappa shape index (κ3) is 5.08. The van der Waals surface area contributed by atoms with E-state index in [-0.39, 0.29) is 23.9 Å². The van der Waals surface area contributed by atoms with Crippen molar-refractivity contribution in [3.8, 4) is 0 Å². The summed E-state index contributed by atoms with van der Waals surface area (Å²) >= 11 is 0. The van der Waals surface area contributed by atoms with Crippen molar-refractivity contribution in [2.45, 2.75) is 32.4 Å². The van der Waals surface area contributed by atoms with Crippen LogP contribution in [0.1, 0.15) is 36.9 Å². The minimum atomic E-state index is -0.219. The molecule has 25 heavy (non-hydrogen) atoms. The Labute approximate surface area is 147 Å². The predicted octanol–water partition coefficient (Wildman–Crippen LogP) is 3.60. The lowest BCUT2D eigenvalue weighted by molar-refractivity contribution is -0.117. The first-order valence-electron chi connectivity index (χ1n) is 8.61. The summed E-state index contributed by atoms with van der Waals surface area (Å²) in [6, 6.07) is 17.1. The van der Waals surface area contributed by atoms with E-state index in [1.807, 2.05) is 61.5 Å². The quantitative estimate of drug-likeness (QED) is 0.754. The molecule has 1 aliphatic rings. The van der Waals surface area contributed by atoms with E-state index in [0.29, 0.717) is 6.54 Å². The fraction of sp³-hybridized carbons (Fsp3) is 0.300. The van der Waals surface area contributed by atoms with Gasteiger partial charge in [-0.25, -0.2) is 4.79 Å². The average molecular weight is 337 g/mol. The van der Waals surface area contributed by atoms with Crippen molar-refractivity contribution >= 4 is 17.6 Å². The van der Waals surface area contributed by atoms with Gasteiger partial charge in [0.2, 0.25) is 5.91 Å². The number of hydrogen-bond donors (Lipinski definition) is 3. The summed E-state index contributed by atoms with van der Waals surface area (Å²) in [7, 11) is 0. The largest absolute Gasteiger partial charge is 0.334 e. The Kier molecular flexibility index (Phi) is 5.33. The van der Waals surface area contributed by atoms with Crippen LogP contribution >= 0.6 is 0 Å². The van der Waals surface area contributed by atoms with Crippen LogP contribution in [0.4, 0.5) is 10.5 Å². The molecule has 3 rings (SSSR count). The zero-order valence-electron chi connectivity index (χ0n) is 14.3. The highest BCUT2D eigenvalue weighted by atomic mass is 16.2. The Morgan fingerprint density at radius 3 is 2.56 bits per heavy atom. The zero-order valence-corrected chi connectivity index (χ0v) is 14.3. The summed E-state index contributed by atoms with van der Waals surface area (Å²) in [5.74, 6) is 0.256. The molecule has 0 saturated heterocycles. The highest BCUT2D eigenvalue weighted by Gasteiger charge is 2.29. The molecule has 2 aromatic rings. The van der Waals surface area contributed by atoms with Crippen molar-refractivity contribution in [2.75, 3.05) is 5.32 Å². The fourth-order valence-corrected chi connectivity index (χ4v) is 2.60. The van der Waals surface area contributed by atoms with Gasteiger partial charge in [0.1, 0.15) is 0 Å². The molecule has 2 aromatic carbocycles. The van der Waals surface area contributed by atoms with E-state index in [9.17, 15) is 9.59 Å². The Balaban J connectivity index is 1.49. The van der Waals surface area contributed by atoms with Gasteiger partial charge in [0.15, 0.2) is 0 Å². The lowest BCUT2D eigenvalue weighted by Gasteiger charge is -2.15. The number of carbonyl (C=O) groups is 2. The molecule has 1 fully saturated rings. The predicted molar refractivity (Wildman–Crippen MR) is 98.0 cm³/mol. The van der Waals surface area contributed by atoms with Gasteiger partial charge in [0, 0.05) is 18.2 Å². The maximum atomic E-state index is 12.1. The van der Waals surface area contributed by atoms with Crippen LogP contribution < -0.4 is 16.0 Å². The van der Waals surface area contributed by atoms with Crippen molar-refractivity contribution < 1.29 is 9.59 Å². The van der Waals surface area contributed by atoms with Crippen molar-refractivity contribution in [1.82, 2.24) is 10.6 Å². The summed E-state index contributed by atoms with van der Waals surface area (Å²) in [6.45, 7) is 2.35. The van der Waals surface area contributed by atoms with Crippen molar-refractivity contribution in [2.24, 2.45) is 5.92 Å². The van der Waals surface area contributed by atoms with Gasteiger partial charge in [-0.2, -0.15) is 0 Å². The highest BCUT2D eigenvalue weighted by molar-refractivity contribution is 5.94. The third-order valence-corrected chi connectivity index (χ3v) is 4.24. The smallest absolute Gasteiger partial charge is 0.315 e.